The first-order valence-corrected chi connectivity index (χ1v) is 6.57. The molecule has 0 saturated carbocycles. The van der Waals surface area contributed by atoms with Gasteiger partial charge in [-0.3, -0.25) is 0 Å². The third-order valence-corrected chi connectivity index (χ3v) is 3.45. The van der Waals surface area contributed by atoms with E-state index in [1.807, 2.05) is 31.2 Å². The van der Waals surface area contributed by atoms with Gasteiger partial charge in [0.15, 0.2) is 10.8 Å². The minimum absolute atomic E-state index is 0.0405. The zero-order valence-electron chi connectivity index (χ0n) is 10.6. The number of carboxylic acid groups (broad SMARTS) is 1. The van der Waals surface area contributed by atoms with E-state index in [1.165, 1.54) is 16.7 Å². The third kappa shape index (κ3) is 3.23. The topological polar surface area (TPSA) is 71.5 Å². The highest BCUT2D eigenvalue weighted by Crippen LogP contribution is 2.23. The largest absolute Gasteiger partial charge is 0.497 e. The van der Waals surface area contributed by atoms with Gasteiger partial charge >= 0.3 is 5.97 Å². The van der Waals surface area contributed by atoms with E-state index in [4.69, 9.17) is 9.84 Å². The van der Waals surface area contributed by atoms with Crippen LogP contribution in [0.1, 0.15) is 29.0 Å². The molecule has 0 amide bonds. The molecular weight excluding hydrogens is 264 g/mol. The second-order valence-corrected chi connectivity index (χ2v) is 4.84. The van der Waals surface area contributed by atoms with Crippen molar-refractivity contribution in [2.24, 2.45) is 0 Å². The van der Waals surface area contributed by atoms with Crippen molar-refractivity contribution < 1.29 is 14.6 Å². The fourth-order valence-corrected chi connectivity index (χ4v) is 2.37. The number of anilines is 1. The van der Waals surface area contributed by atoms with E-state index in [9.17, 15) is 4.79 Å². The zero-order valence-corrected chi connectivity index (χ0v) is 11.4. The van der Waals surface area contributed by atoms with E-state index in [2.05, 4.69) is 10.3 Å². The molecule has 6 heteroatoms. The van der Waals surface area contributed by atoms with Gasteiger partial charge in [-0.2, -0.15) is 0 Å². The molecule has 2 N–H and O–H groups in total. The van der Waals surface area contributed by atoms with Crippen molar-refractivity contribution >= 4 is 22.4 Å². The van der Waals surface area contributed by atoms with Crippen LogP contribution in [0.2, 0.25) is 0 Å². The first-order valence-electron chi connectivity index (χ1n) is 5.69. The van der Waals surface area contributed by atoms with Crippen LogP contribution < -0.4 is 10.1 Å². The summed E-state index contributed by atoms with van der Waals surface area (Å²) in [6.45, 7) is 1.99. The first-order chi connectivity index (χ1) is 9.10. The van der Waals surface area contributed by atoms with Crippen LogP contribution in [0.15, 0.2) is 29.6 Å². The van der Waals surface area contributed by atoms with Crippen LogP contribution in [0.4, 0.5) is 5.13 Å². The van der Waals surface area contributed by atoms with Crippen molar-refractivity contribution in [3.05, 3.63) is 40.9 Å². The number of benzene rings is 1. The summed E-state index contributed by atoms with van der Waals surface area (Å²) in [5.74, 6) is -0.209. The van der Waals surface area contributed by atoms with Gasteiger partial charge in [-0.25, -0.2) is 9.78 Å². The highest BCUT2D eigenvalue weighted by molar-refractivity contribution is 7.13. The Morgan fingerprint density at radius 1 is 1.42 bits per heavy atom. The molecule has 1 unspecified atom stereocenters. The Morgan fingerprint density at radius 2 is 2.11 bits per heavy atom. The zero-order chi connectivity index (χ0) is 13.8. The average Bonchev–Trinajstić information content (AvgIpc) is 2.87. The minimum Gasteiger partial charge on any atom is -0.497 e. The Kier molecular flexibility index (Phi) is 4.01. The van der Waals surface area contributed by atoms with Crippen LogP contribution >= 0.6 is 11.3 Å². The summed E-state index contributed by atoms with van der Waals surface area (Å²) in [6.07, 6.45) is 0. The molecule has 100 valence electrons. The van der Waals surface area contributed by atoms with Gasteiger partial charge in [0.2, 0.25) is 0 Å². The van der Waals surface area contributed by atoms with Gasteiger partial charge in [-0.15, -0.1) is 11.3 Å². The molecule has 19 heavy (non-hydrogen) atoms. The van der Waals surface area contributed by atoms with E-state index in [-0.39, 0.29) is 11.7 Å². The van der Waals surface area contributed by atoms with Gasteiger partial charge in [0.1, 0.15) is 5.75 Å². The molecule has 0 aliphatic rings. The fraction of sp³-hybridized carbons (Fsp3) is 0.231. The maximum absolute atomic E-state index is 10.7. The molecule has 0 aliphatic heterocycles. The molecule has 0 aliphatic carbocycles. The van der Waals surface area contributed by atoms with Crippen LogP contribution in [-0.2, 0) is 0 Å². The lowest BCUT2D eigenvalue weighted by atomic mass is 10.1. The molecular formula is C13H14N2O3S. The molecule has 5 nitrogen and oxygen atoms in total. The van der Waals surface area contributed by atoms with Crippen molar-refractivity contribution in [3.63, 3.8) is 0 Å². The summed E-state index contributed by atoms with van der Waals surface area (Å²) in [7, 11) is 1.62. The lowest BCUT2D eigenvalue weighted by Crippen LogP contribution is -2.07. The van der Waals surface area contributed by atoms with Crippen LogP contribution in [0, 0.1) is 0 Å². The summed E-state index contributed by atoms with van der Waals surface area (Å²) in [4.78, 5) is 14.7. The molecule has 0 fully saturated rings. The van der Waals surface area contributed by atoms with Gasteiger partial charge in [-0.05, 0) is 24.6 Å². The highest BCUT2D eigenvalue weighted by atomic mass is 32.1. The Morgan fingerprint density at radius 3 is 2.63 bits per heavy atom. The minimum atomic E-state index is -1.01. The van der Waals surface area contributed by atoms with E-state index in [1.54, 1.807) is 7.11 Å². The number of carbonyl (C=O) groups is 1. The summed E-state index contributed by atoms with van der Waals surface area (Å²) in [5, 5.41) is 14.1. The first kappa shape index (κ1) is 13.4. The Hall–Kier alpha value is -2.08. The average molecular weight is 278 g/mol. The van der Waals surface area contributed by atoms with Gasteiger partial charge in [-0.1, -0.05) is 12.1 Å². The Labute approximate surface area is 114 Å². The van der Waals surface area contributed by atoms with E-state index >= 15 is 0 Å². The fourth-order valence-electron chi connectivity index (χ4n) is 1.60. The second-order valence-electron chi connectivity index (χ2n) is 3.98. The molecule has 1 aromatic heterocycles. The molecule has 2 rings (SSSR count). The molecule has 1 heterocycles. The van der Waals surface area contributed by atoms with E-state index < -0.39 is 5.97 Å². The second kappa shape index (κ2) is 5.71. The SMILES string of the molecule is COc1ccc(C(C)Nc2nc(C(=O)O)cs2)cc1. The summed E-state index contributed by atoms with van der Waals surface area (Å²) in [6, 6.07) is 7.74. The number of ether oxygens (including phenoxy) is 1. The molecule has 0 spiro atoms. The number of methoxy groups -OCH3 is 1. The van der Waals surface area contributed by atoms with Crippen LogP contribution in [-0.4, -0.2) is 23.2 Å². The van der Waals surface area contributed by atoms with Crippen LogP contribution in [0.25, 0.3) is 0 Å². The standard InChI is InChI=1S/C13H14N2O3S/c1-8(9-3-5-10(18-2)6-4-9)14-13-15-11(7-19-13)12(16)17/h3-8H,1-2H3,(H,14,15)(H,16,17). The molecule has 1 atom stereocenters. The third-order valence-electron chi connectivity index (χ3n) is 2.68. The molecule has 2 aromatic rings. The number of nitrogens with zero attached hydrogens (tertiary/aromatic N) is 1. The van der Waals surface area contributed by atoms with E-state index in [0.717, 1.165) is 11.3 Å². The lowest BCUT2D eigenvalue weighted by Gasteiger charge is -2.13. The Balaban J connectivity index is 2.06. The van der Waals surface area contributed by atoms with Crippen LogP contribution in [0.5, 0.6) is 5.75 Å². The highest BCUT2D eigenvalue weighted by Gasteiger charge is 2.11. The Bertz CT molecular complexity index is 566. The van der Waals surface area contributed by atoms with Crippen molar-refractivity contribution in [1.82, 2.24) is 4.98 Å². The van der Waals surface area contributed by atoms with Gasteiger partial charge in [0, 0.05) is 5.38 Å². The predicted octanol–water partition coefficient (Wildman–Crippen LogP) is 3.02. The number of thiazole rings is 1. The number of rotatable bonds is 5. The van der Waals surface area contributed by atoms with E-state index in [0.29, 0.717) is 5.13 Å². The lowest BCUT2D eigenvalue weighted by molar-refractivity contribution is 0.0691. The number of nitrogens with one attached hydrogen (secondary N) is 1. The molecule has 1 aromatic carbocycles. The maximum atomic E-state index is 10.7. The van der Waals surface area contributed by atoms with Crippen LogP contribution in [0.3, 0.4) is 0 Å². The number of hydrogen-bond acceptors (Lipinski definition) is 5. The van der Waals surface area contributed by atoms with Crippen molar-refractivity contribution in [1.29, 1.82) is 0 Å². The number of aromatic nitrogens is 1. The monoisotopic (exact) mass is 278 g/mol. The summed E-state index contributed by atoms with van der Waals surface area (Å²) in [5.41, 5.74) is 1.14. The van der Waals surface area contributed by atoms with Gasteiger partial charge in [0.25, 0.3) is 0 Å². The molecule has 0 saturated heterocycles. The number of aromatic carboxylic acids is 1. The summed E-state index contributed by atoms with van der Waals surface area (Å²) < 4.78 is 5.10. The number of hydrogen-bond donors (Lipinski definition) is 2. The smallest absolute Gasteiger partial charge is 0.355 e. The summed E-state index contributed by atoms with van der Waals surface area (Å²) >= 11 is 1.28. The predicted molar refractivity (Wildman–Crippen MR) is 74.1 cm³/mol. The quantitative estimate of drug-likeness (QED) is 0.879. The number of carboxylic acids is 1. The normalized spacial score (nSPS) is 11.9. The van der Waals surface area contributed by atoms with Gasteiger partial charge in [0.05, 0.1) is 13.2 Å². The van der Waals surface area contributed by atoms with Gasteiger partial charge < -0.3 is 15.2 Å². The van der Waals surface area contributed by atoms with Crippen molar-refractivity contribution in [2.45, 2.75) is 13.0 Å². The maximum Gasteiger partial charge on any atom is 0.355 e. The molecule has 0 bridgehead atoms. The van der Waals surface area contributed by atoms with Crippen molar-refractivity contribution in [2.75, 3.05) is 12.4 Å². The van der Waals surface area contributed by atoms with Crippen molar-refractivity contribution in [3.8, 4) is 5.75 Å². The molecule has 0 radical (unpaired) electrons.